The lowest BCUT2D eigenvalue weighted by atomic mass is 9.96. The zero-order valence-corrected chi connectivity index (χ0v) is 14.4. The number of nitrogens with zero attached hydrogens (tertiary/aromatic N) is 2. The zero-order chi connectivity index (χ0) is 17.8. The number of fused-ring (bicyclic) bond motifs is 1. The van der Waals surface area contributed by atoms with Crippen LogP contribution in [0.2, 0.25) is 0 Å². The molecule has 2 amide bonds. The van der Waals surface area contributed by atoms with E-state index in [2.05, 4.69) is 21.9 Å². The summed E-state index contributed by atoms with van der Waals surface area (Å²) in [6, 6.07) is 5.59. The minimum Gasteiger partial charge on any atom is -0.460 e. The molecule has 1 aliphatic carbocycles. The van der Waals surface area contributed by atoms with E-state index < -0.39 is 11.8 Å². The van der Waals surface area contributed by atoms with Crippen LogP contribution in [-0.4, -0.2) is 18.0 Å². The van der Waals surface area contributed by atoms with Crippen molar-refractivity contribution < 1.29 is 14.0 Å². The van der Waals surface area contributed by atoms with E-state index in [0.29, 0.717) is 16.3 Å². The number of amides is 2. The number of hydrazone groups is 1. The van der Waals surface area contributed by atoms with Gasteiger partial charge in [0.1, 0.15) is 22.6 Å². The molecule has 1 aliphatic rings. The Hall–Kier alpha value is -2.92. The van der Waals surface area contributed by atoms with Crippen molar-refractivity contribution in [3.8, 4) is 6.07 Å². The number of aryl methyl sites for hydroxylation is 2. The maximum absolute atomic E-state index is 12.0. The van der Waals surface area contributed by atoms with E-state index in [0.717, 1.165) is 41.9 Å². The largest absolute Gasteiger partial charge is 0.460 e. The van der Waals surface area contributed by atoms with Crippen LogP contribution < -0.4 is 10.7 Å². The monoisotopic (exact) mass is 356 g/mol. The molecule has 2 aromatic rings. The van der Waals surface area contributed by atoms with Gasteiger partial charge in [-0.3, -0.25) is 9.59 Å². The molecule has 128 valence electrons. The van der Waals surface area contributed by atoms with Gasteiger partial charge in [0, 0.05) is 4.88 Å². The minimum atomic E-state index is -0.908. The Kier molecular flexibility index (Phi) is 4.95. The summed E-state index contributed by atoms with van der Waals surface area (Å²) in [6.07, 6.45) is 5.16. The first-order chi connectivity index (χ1) is 12.1. The Bertz CT molecular complexity index is 888. The molecule has 0 aromatic carbocycles. The Balaban J connectivity index is 1.64. The summed E-state index contributed by atoms with van der Waals surface area (Å²) in [4.78, 5) is 25.0. The second-order valence-corrected chi connectivity index (χ2v) is 6.73. The van der Waals surface area contributed by atoms with Gasteiger partial charge in [0.25, 0.3) is 0 Å². The summed E-state index contributed by atoms with van der Waals surface area (Å²) in [5.74, 6) is -0.579. The second kappa shape index (κ2) is 7.32. The number of carbonyl (C=O) groups is 2. The molecule has 2 N–H and O–H groups in total. The second-order valence-electron chi connectivity index (χ2n) is 5.63. The predicted molar refractivity (Wildman–Crippen MR) is 93.5 cm³/mol. The fourth-order valence-corrected chi connectivity index (χ4v) is 3.89. The van der Waals surface area contributed by atoms with Crippen LogP contribution >= 0.6 is 11.3 Å². The average molecular weight is 356 g/mol. The number of thiophene rings is 1. The van der Waals surface area contributed by atoms with Gasteiger partial charge >= 0.3 is 11.8 Å². The number of hydrogen-bond donors (Lipinski definition) is 2. The SMILES string of the molecule is Cc1ccc(C=NNC(=O)C(=O)Nc2sc3c(c2C#N)CCCC3)o1. The van der Waals surface area contributed by atoms with E-state index in [-0.39, 0.29) is 0 Å². The lowest BCUT2D eigenvalue weighted by molar-refractivity contribution is -0.136. The number of carbonyl (C=O) groups excluding carboxylic acids is 2. The third-order valence-electron chi connectivity index (χ3n) is 3.84. The van der Waals surface area contributed by atoms with Crippen molar-refractivity contribution in [2.45, 2.75) is 32.6 Å². The highest BCUT2D eigenvalue weighted by molar-refractivity contribution is 7.16. The van der Waals surface area contributed by atoms with Crippen molar-refractivity contribution in [3.63, 3.8) is 0 Å². The van der Waals surface area contributed by atoms with Crippen LogP contribution in [-0.2, 0) is 22.4 Å². The molecule has 0 saturated heterocycles. The standard InChI is InChI=1S/C17H16N4O3S/c1-10-6-7-11(24-10)9-19-21-16(23)15(22)20-17-13(8-18)12-4-2-3-5-14(12)25-17/h6-7,9H,2-5H2,1H3,(H,20,22)(H,21,23). The molecule has 0 saturated carbocycles. The highest BCUT2D eigenvalue weighted by Gasteiger charge is 2.23. The minimum absolute atomic E-state index is 0.431. The van der Waals surface area contributed by atoms with Crippen molar-refractivity contribution in [3.05, 3.63) is 39.7 Å². The lowest BCUT2D eigenvalue weighted by Crippen LogP contribution is -2.32. The van der Waals surface area contributed by atoms with E-state index in [9.17, 15) is 14.9 Å². The molecule has 3 rings (SSSR count). The first kappa shape index (κ1) is 16.9. The number of rotatable bonds is 3. The van der Waals surface area contributed by atoms with Crippen LogP contribution in [0, 0.1) is 18.3 Å². The molecule has 7 nitrogen and oxygen atoms in total. The van der Waals surface area contributed by atoms with Crippen LogP contribution in [0.4, 0.5) is 5.00 Å². The molecule has 2 aromatic heterocycles. The molecule has 0 spiro atoms. The molecule has 0 radical (unpaired) electrons. The third-order valence-corrected chi connectivity index (χ3v) is 5.04. The average Bonchev–Trinajstić information content (AvgIpc) is 3.17. The van der Waals surface area contributed by atoms with E-state index >= 15 is 0 Å². The smallest absolute Gasteiger partial charge is 0.329 e. The summed E-state index contributed by atoms with van der Waals surface area (Å²) in [5, 5.41) is 16.0. The third kappa shape index (κ3) is 3.78. The van der Waals surface area contributed by atoms with E-state index in [1.165, 1.54) is 17.6 Å². The van der Waals surface area contributed by atoms with Crippen LogP contribution in [0.5, 0.6) is 0 Å². The van der Waals surface area contributed by atoms with E-state index in [1.807, 2.05) is 0 Å². The van der Waals surface area contributed by atoms with Gasteiger partial charge in [0.2, 0.25) is 0 Å². The van der Waals surface area contributed by atoms with Gasteiger partial charge in [-0.05, 0) is 50.3 Å². The van der Waals surface area contributed by atoms with Crippen LogP contribution in [0.1, 0.15) is 40.4 Å². The Labute approximate surface area is 148 Å². The van der Waals surface area contributed by atoms with Crippen LogP contribution in [0.3, 0.4) is 0 Å². The molecular weight excluding hydrogens is 340 g/mol. The fraction of sp³-hybridized carbons (Fsp3) is 0.294. The summed E-state index contributed by atoms with van der Waals surface area (Å²) < 4.78 is 5.26. The molecular formula is C17H16N4O3S. The van der Waals surface area contributed by atoms with Gasteiger partial charge in [-0.25, -0.2) is 5.43 Å². The first-order valence-electron chi connectivity index (χ1n) is 7.84. The maximum atomic E-state index is 12.0. The van der Waals surface area contributed by atoms with Gasteiger partial charge in [-0.1, -0.05) is 0 Å². The van der Waals surface area contributed by atoms with Crippen molar-refractivity contribution >= 4 is 34.4 Å². The predicted octanol–water partition coefficient (Wildman–Crippen LogP) is 2.49. The van der Waals surface area contributed by atoms with Crippen molar-refractivity contribution in [1.82, 2.24) is 5.43 Å². The number of hydrogen-bond acceptors (Lipinski definition) is 6. The molecule has 0 bridgehead atoms. The Morgan fingerprint density at radius 3 is 2.84 bits per heavy atom. The molecule has 0 fully saturated rings. The summed E-state index contributed by atoms with van der Waals surface area (Å²) in [7, 11) is 0. The van der Waals surface area contributed by atoms with Gasteiger partial charge < -0.3 is 9.73 Å². The van der Waals surface area contributed by atoms with Gasteiger partial charge in [0.05, 0.1) is 11.8 Å². The van der Waals surface area contributed by atoms with Gasteiger partial charge in [0.15, 0.2) is 0 Å². The molecule has 0 atom stereocenters. The van der Waals surface area contributed by atoms with Gasteiger partial charge in [-0.2, -0.15) is 10.4 Å². The highest BCUT2D eigenvalue weighted by atomic mass is 32.1. The van der Waals surface area contributed by atoms with Crippen LogP contribution in [0.25, 0.3) is 0 Å². The lowest BCUT2D eigenvalue weighted by Gasteiger charge is -2.09. The molecule has 2 heterocycles. The number of nitriles is 1. The zero-order valence-electron chi connectivity index (χ0n) is 13.6. The van der Waals surface area contributed by atoms with E-state index in [4.69, 9.17) is 4.42 Å². The summed E-state index contributed by atoms with van der Waals surface area (Å²) in [6.45, 7) is 1.79. The number of anilines is 1. The van der Waals surface area contributed by atoms with Crippen molar-refractivity contribution in [1.29, 1.82) is 5.26 Å². The quantitative estimate of drug-likeness (QED) is 0.500. The number of nitrogens with one attached hydrogen (secondary N) is 2. The van der Waals surface area contributed by atoms with E-state index in [1.54, 1.807) is 19.1 Å². The Morgan fingerprint density at radius 1 is 1.32 bits per heavy atom. The molecule has 8 heteroatoms. The highest BCUT2D eigenvalue weighted by Crippen LogP contribution is 2.37. The first-order valence-corrected chi connectivity index (χ1v) is 8.65. The van der Waals surface area contributed by atoms with Crippen LogP contribution in [0.15, 0.2) is 21.7 Å². The topological polar surface area (TPSA) is 107 Å². The van der Waals surface area contributed by atoms with Crippen molar-refractivity contribution in [2.75, 3.05) is 5.32 Å². The Morgan fingerprint density at radius 2 is 2.12 bits per heavy atom. The van der Waals surface area contributed by atoms with Crippen molar-refractivity contribution in [2.24, 2.45) is 5.10 Å². The summed E-state index contributed by atoms with van der Waals surface area (Å²) >= 11 is 1.37. The molecule has 0 aliphatic heterocycles. The normalized spacial score (nSPS) is 13.3. The molecule has 25 heavy (non-hydrogen) atoms. The summed E-state index contributed by atoms with van der Waals surface area (Å²) in [5.41, 5.74) is 3.61. The maximum Gasteiger partial charge on any atom is 0.329 e. The number of furan rings is 1. The molecule has 0 unspecified atom stereocenters. The fourth-order valence-electron chi connectivity index (χ4n) is 2.66. The van der Waals surface area contributed by atoms with Gasteiger partial charge in [-0.15, -0.1) is 11.3 Å².